The van der Waals surface area contributed by atoms with E-state index in [4.69, 9.17) is 0 Å². The summed E-state index contributed by atoms with van der Waals surface area (Å²) in [7, 11) is 0. The molecular weight excluding hydrogens is 284 g/mol. The van der Waals surface area contributed by atoms with Crippen molar-refractivity contribution in [2.45, 2.75) is 13.3 Å². The third-order valence-electron chi connectivity index (χ3n) is 3.50. The number of amides is 3. The minimum absolute atomic E-state index is 0.0652. The number of nitrogens with one attached hydrogen (secondary N) is 2. The van der Waals surface area contributed by atoms with Crippen molar-refractivity contribution in [3.05, 3.63) is 18.6 Å². The third kappa shape index (κ3) is 4.87. The second kappa shape index (κ2) is 8.16. The van der Waals surface area contributed by atoms with E-state index >= 15 is 0 Å². The van der Waals surface area contributed by atoms with Crippen molar-refractivity contribution in [1.82, 2.24) is 25.1 Å². The molecule has 1 aliphatic heterocycles. The van der Waals surface area contributed by atoms with Crippen LogP contribution in [-0.4, -0.2) is 71.0 Å². The molecule has 0 bridgehead atoms. The Balaban J connectivity index is 1.67. The van der Waals surface area contributed by atoms with Gasteiger partial charge < -0.3 is 20.4 Å². The first kappa shape index (κ1) is 16.0. The molecule has 0 unspecified atom stereocenters. The molecule has 0 spiro atoms. The maximum atomic E-state index is 12.1. The fourth-order valence-corrected chi connectivity index (χ4v) is 2.30. The van der Waals surface area contributed by atoms with Crippen LogP contribution in [0.3, 0.4) is 0 Å². The minimum Gasteiger partial charge on any atom is -0.367 e. The highest BCUT2D eigenvalue weighted by molar-refractivity contribution is 5.75. The number of urea groups is 1. The largest absolute Gasteiger partial charge is 0.367 e. The highest BCUT2D eigenvalue weighted by atomic mass is 16.2. The van der Waals surface area contributed by atoms with E-state index in [1.54, 1.807) is 35.3 Å². The van der Waals surface area contributed by atoms with E-state index in [-0.39, 0.29) is 11.9 Å². The van der Waals surface area contributed by atoms with Crippen molar-refractivity contribution >= 4 is 17.8 Å². The number of aromatic nitrogens is 2. The van der Waals surface area contributed by atoms with E-state index in [0.29, 0.717) is 45.1 Å². The van der Waals surface area contributed by atoms with Crippen LogP contribution in [0.1, 0.15) is 13.3 Å². The molecule has 1 fully saturated rings. The van der Waals surface area contributed by atoms with Gasteiger partial charge in [0.1, 0.15) is 5.82 Å². The Hall–Kier alpha value is -2.38. The monoisotopic (exact) mass is 306 g/mol. The minimum atomic E-state index is -0.0913. The summed E-state index contributed by atoms with van der Waals surface area (Å²) >= 11 is 0. The molecule has 0 aliphatic carbocycles. The number of rotatable bonds is 4. The van der Waals surface area contributed by atoms with Gasteiger partial charge in [-0.2, -0.15) is 0 Å². The molecule has 2 heterocycles. The van der Waals surface area contributed by atoms with Crippen molar-refractivity contribution in [2.75, 3.05) is 44.6 Å². The molecule has 0 aromatic carbocycles. The summed E-state index contributed by atoms with van der Waals surface area (Å²) in [5.41, 5.74) is 0. The highest BCUT2D eigenvalue weighted by Gasteiger charge is 2.19. The van der Waals surface area contributed by atoms with Crippen LogP contribution < -0.4 is 10.6 Å². The summed E-state index contributed by atoms with van der Waals surface area (Å²) in [6.45, 7) is 5.21. The fourth-order valence-electron chi connectivity index (χ4n) is 2.30. The first-order chi connectivity index (χ1) is 10.7. The van der Waals surface area contributed by atoms with Gasteiger partial charge in [0.15, 0.2) is 0 Å². The Labute approximate surface area is 129 Å². The van der Waals surface area contributed by atoms with Crippen molar-refractivity contribution in [3.8, 4) is 0 Å². The van der Waals surface area contributed by atoms with E-state index < -0.39 is 0 Å². The van der Waals surface area contributed by atoms with Gasteiger partial charge in [0, 0.05) is 58.6 Å². The van der Waals surface area contributed by atoms with Crippen LogP contribution in [0.2, 0.25) is 0 Å². The van der Waals surface area contributed by atoms with Gasteiger partial charge in [-0.1, -0.05) is 0 Å². The number of nitrogens with zero attached hydrogens (tertiary/aromatic N) is 4. The van der Waals surface area contributed by atoms with Gasteiger partial charge in [0.05, 0.1) is 6.20 Å². The van der Waals surface area contributed by atoms with Gasteiger partial charge in [0.2, 0.25) is 5.91 Å². The molecule has 1 aromatic heterocycles. The summed E-state index contributed by atoms with van der Waals surface area (Å²) in [4.78, 5) is 35.0. The van der Waals surface area contributed by atoms with Gasteiger partial charge >= 0.3 is 6.03 Å². The van der Waals surface area contributed by atoms with E-state index in [0.717, 1.165) is 6.42 Å². The van der Waals surface area contributed by atoms with Crippen LogP contribution in [0.15, 0.2) is 18.6 Å². The summed E-state index contributed by atoms with van der Waals surface area (Å²) in [5.74, 6) is 0.749. The lowest BCUT2D eigenvalue weighted by Gasteiger charge is -2.21. The van der Waals surface area contributed by atoms with E-state index in [9.17, 15) is 9.59 Å². The number of anilines is 1. The molecule has 0 atom stereocenters. The van der Waals surface area contributed by atoms with Crippen molar-refractivity contribution in [2.24, 2.45) is 0 Å². The number of hydrogen-bond acceptors (Lipinski definition) is 5. The average Bonchev–Trinajstić information content (AvgIpc) is 2.78. The van der Waals surface area contributed by atoms with Gasteiger partial charge in [-0.15, -0.1) is 0 Å². The lowest BCUT2D eigenvalue weighted by Crippen LogP contribution is -2.43. The van der Waals surface area contributed by atoms with E-state index in [2.05, 4.69) is 20.6 Å². The molecule has 0 saturated carbocycles. The number of carbonyl (C=O) groups excluding carboxylic acids is 2. The molecule has 8 nitrogen and oxygen atoms in total. The first-order valence-electron chi connectivity index (χ1n) is 7.45. The quantitative estimate of drug-likeness (QED) is 0.773. The molecule has 1 aromatic rings. The van der Waals surface area contributed by atoms with Gasteiger partial charge in [0.25, 0.3) is 0 Å². The summed E-state index contributed by atoms with van der Waals surface area (Å²) in [6.07, 6.45) is 5.66. The zero-order chi connectivity index (χ0) is 15.8. The Morgan fingerprint density at radius 1 is 1.14 bits per heavy atom. The predicted octanol–water partition coefficient (Wildman–Crippen LogP) is 0.152. The van der Waals surface area contributed by atoms with Crippen molar-refractivity contribution in [3.63, 3.8) is 0 Å². The zero-order valence-corrected chi connectivity index (χ0v) is 12.8. The lowest BCUT2D eigenvalue weighted by molar-refractivity contribution is -0.128. The van der Waals surface area contributed by atoms with Crippen molar-refractivity contribution in [1.29, 1.82) is 0 Å². The summed E-state index contributed by atoms with van der Waals surface area (Å²) < 4.78 is 0. The Bertz CT molecular complexity index is 495. The molecular formula is C14H22N6O2. The normalized spacial score (nSPS) is 15.1. The SMILES string of the molecule is CC(=O)N1CCCN(C(=O)NCCNc2cnccn2)CC1. The van der Waals surface area contributed by atoms with Gasteiger partial charge in [-0.3, -0.25) is 9.78 Å². The zero-order valence-electron chi connectivity index (χ0n) is 12.8. The van der Waals surface area contributed by atoms with Crippen molar-refractivity contribution < 1.29 is 9.59 Å². The fraction of sp³-hybridized carbons (Fsp3) is 0.571. The van der Waals surface area contributed by atoms with E-state index in [1.165, 1.54) is 0 Å². The summed E-state index contributed by atoms with van der Waals surface area (Å²) in [6, 6.07) is -0.0913. The van der Waals surface area contributed by atoms with Crippen LogP contribution in [0.4, 0.5) is 10.6 Å². The average molecular weight is 306 g/mol. The van der Waals surface area contributed by atoms with Crippen LogP contribution in [0, 0.1) is 0 Å². The molecule has 22 heavy (non-hydrogen) atoms. The molecule has 2 rings (SSSR count). The topological polar surface area (TPSA) is 90.5 Å². The van der Waals surface area contributed by atoms with Crippen LogP contribution in [-0.2, 0) is 4.79 Å². The number of carbonyl (C=O) groups is 2. The van der Waals surface area contributed by atoms with Crippen LogP contribution in [0.5, 0.6) is 0 Å². The molecule has 1 saturated heterocycles. The summed E-state index contributed by atoms with van der Waals surface area (Å²) in [5, 5.41) is 5.94. The molecule has 0 radical (unpaired) electrons. The smallest absolute Gasteiger partial charge is 0.317 e. The van der Waals surface area contributed by atoms with Crippen LogP contribution >= 0.6 is 0 Å². The molecule has 120 valence electrons. The molecule has 8 heteroatoms. The Kier molecular flexibility index (Phi) is 5.93. The maximum Gasteiger partial charge on any atom is 0.317 e. The standard InChI is InChI=1S/C14H22N6O2/c1-12(21)19-7-2-8-20(10-9-19)14(22)18-6-5-17-13-11-15-3-4-16-13/h3-4,11H,2,5-10H2,1H3,(H,16,17)(H,18,22). The second-order valence-corrected chi connectivity index (χ2v) is 5.10. The number of hydrogen-bond donors (Lipinski definition) is 2. The van der Waals surface area contributed by atoms with E-state index in [1.807, 2.05) is 0 Å². The molecule has 2 N–H and O–H groups in total. The first-order valence-corrected chi connectivity index (χ1v) is 7.45. The maximum absolute atomic E-state index is 12.1. The third-order valence-corrected chi connectivity index (χ3v) is 3.50. The lowest BCUT2D eigenvalue weighted by atomic mass is 10.4. The predicted molar refractivity (Wildman–Crippen MR) is 82.4 cm³/mol. The molecule has 1 aliphatic rings. The van der Waals surface area contributed by atoms with Crippen LogP contribution in [0.25, 0.3) is 0 Å². The second-order valence-electron chi connectivity index (χ2n) is 5.10. The Morgan fingerprint density at radius 2 is 1.91 bits per heavy atom. The van der Waals surface area contributed by atoms with Gasteiger partial charge in [-0.25, -0.2) is 9.78 Å². The van der Waals surface area contributed by atoms with Gasteiger partial charge in [-0.05, 0) is 6.42 Å². The molecule has 3 amide bonds. The Morgan fingerprint density at radius 3 is 2.64 bits per heavy atom. The highest BCUT2D eigenvalue weighted by Crippen LogP contribution is 2.03.